The second-order valence-electron chi connectivity index (χ2n) is 7.97. The van der Waals surface area contributed by atoms with E-state index in [1.54, 1.807) is 43.5 Å². The number of anilines is 2. The fourth-order valence-corrected chi connectivity index (χ4v) is 5.66. The number of pyridine rings is 1. The van der Waals surface area contributed by atoms with Crippen LogP contribution in [0.3, 0.4) is 0 Å². The number of nitrogens with one attached hydrogen (secondary N) is 1. The normalized spacial score (nSPS) is 11.4. The maximum absolute atomic E-state index is 14.0. The van der Waals surface area contributed by atoms with Gasteiger partial charge in [0.05, 0.1) is 19.1 Å². The first-order chi connectivity index (χ1) is 17.8. The molecule has 0 amide bonds. The van der Waals surface area contributed by atoms with Gasteiger partial charge >= 0.3 is 0 Å². The number of hydrogen-bond donors (Lipinski definition) is 1. The molecular weight excluding hydrogens is 518 g/mol. The van der Waals surface area contributed by atoms with E-state index < -0.39 is 10.0 Å². The number of aromatic amines is 1. The van der Waals surface area contributed by atoms with Gasteiger partial charge < -0.3 is 19.0 Å². The second kappa shape index (κ2) is 9.64. The second-order valence-corrected chi connectivity index (χ2v) is 10.2. The van der Waals surface area contributed by atoms with Crippen molar-refractivity contribution >= 4 is 44.0 Å². The molecule has 5 rings (SSSR count). The lowest BCUT2D eigenvalue weighted by atomic mass is 10.0. The van der Waals surface area contributed by atoms with Crippen molar-refractivity contribution in [3.63, 3.8) is 0 Å². The topological polar surface area (TPSA) is 115 Å². The minimum atomic E-state index is -4.21. The Morgan fingerprint density at radius 3 is 2.49 bits per heavy atom. The minimum absolute atomic E-state index is 0.0132. The quantitative estimate of drug-likeness (QED) is 0.296. The largest absolute Gasteiger partial charge is 0.497 e. The SMILES string of the molecule is COc1cc(Cl)cc(-c2ccc(N(c3ccon3)S(=O)(=O)c3ccc4[nH]c(=O)ccc4c3)c(OC)c2)c1. The summed E-state index contributed by atoms with van der Waals surface area (Å²) in [6.07, 6.45) is 1.28. The van der Waals surface area contributed by atoms with Crippen molar-refractivity contribution in [3.8, 4) is 22.6 Å². The Morgan fingerprint density at radius 1 is 0.919 bits per heavy atom. The highest BCUT2D eigenvalue weighted by Gasteiger charge is 2.31. The molecule has 5 aromatic rings. The number of rotatable bonds is 7. The van der Waals surface area contributed by atoms with Crippen LogP contribution >= 0.6 is 11.6 Å². The number of hydrogen-bond acceptors (Lipinski definition) is 7. The van der Waals surface area contributed by atoms with Gasteiger partial charge in [-0.25, -0.2) is 12.7 Å². The Labute approximate surface area is 216 Å². The van der Waals surface area contributed by atoms with Crippen molar-refractivity contribution in [1.82, 2.24) is 10.1 Å². The summed E-state index contributed by atoms with van der Waals surface area (Å²) in [6, 6.07) is 19.1. The molecule has 0 atom stereocenters. The first kappa shape index (κ1) is 24.4. The Hall–Kier alpha value is -4.28. The van der Waals surface area contributed by atoms with Gasteiger partial charge in [0.15, 0.2) is 5.82 Å². The summed E-state index contributed by atoms with van der Waals surface area (Å²) >= 11 is 6.24. The molecule has 0 saturated carbocycles. The number of H-pyrrole nitrogens is 1. The van der Waals surface area contributed by atoms with Crippen LogP contribution in [0.4, 0.5) is 11.5 Å². The first-order valence-electron chi connectivity index (χ1n) is 10.9. The van der Waals surface area contributed by atoms with Gasteiger partial charge in [0.2, 0.25) is 5.56 Å². The standard InChI is InChI=1S/C26H20ClN3O6S/c1-34-20-12-18(11-19(27)15-20)16-3-7-23(24(14-16)35-2)30(25-9-10-36-29-25)37(32,33)21-5-6-22-17(13-21)4-8-26(31)28-22/h3-15H,1-2H3,(H,28,31). The molecule has 0 bridgehead atoms. The van der Waals surface area contributed by atoms with Gasteiger partial charge in [-0.3, -0.25) is 4.79 Å². The highest BCUT2D eigenvalue weighted by Crippen LogP contribution is 2.41. The molecule has 188 valence electrons. The highest BCUT2D eigenvalue weighted by atomic mass is 35.5. The number of methoxy groups -OCH3 is 2. The molecule has 2 heterocycles. The van der Waals surface area contributed by atoms with Crippen molar-refractivity contribution in [3.05, 3.63) is 94.4 Å². The monoisotopic (exact) mass is 537 g/mol. The summed E-state index contributed by atoms with van der Waals surface area (Å²) in [5.41, 5.74) is 1.94. The number of fused-ring (bicyclic) bond motifs is 1. The third-order valence-corrected chi connectivity index (χ3v) is 7.64. The molecule has 0 fully saturated rings. The van der Waals surface area contributed by atoms with Crippen molar-refractivity contribution < 1.29 is 22.4 Å². The van der Waals surface area contributed by atoms with Crippen LogP contribution in [0.25, 0.3) is 22.0 Å². The predicted octanol–water partition coefficient (Wildman–Crippen LogP) is 5.38. The summed E-state index contributed by atoms with van der Waals surface area (Å²) in [6.45, 7) is 0. The van der Waals surface area contributed by atoms with E-state index in [9.17, 15) is 13.2 Å². The molecule has 2 aromatic heterocycles. The van der Waals surface area contributed by atoms with E-state index in [1.807, 2.05) is 6.07 Å². The highest BCUT2D eigenvalue weighted by molar-refractivity contribution is 7.93. The van der Waals surface area contributed by atoms with E-state index in [2.05, 4.69) is 10.1 Å². The molecule has 3 aromatic carbocycles. The molecule has 0 spiro atoms. The molecule has 0 aliphatic heterocycles. The summed E-state index contributed by atoms with van der Waals surface area (Å²) in [7, 11) is -1.22. The van der Waals surface area contributed by atoms with E-state index in [0.717, 1.165) is 15.4 Å². The summed E-state index contributed by atoms with van der Waals surface area (Å²) in [5.74, 6) is 0.889. The third kappa shape index (κ3) is 4.64. The Morgan fingerprint density at radius 2 is 1.76 bits per heavy atom. The number of nitrogens with zero attached hydrogens (tertiary/aromatic N) is 2. The number of halogens is 1. The Kier molecular flexibility index (Phi) is 6.36. The van der Waals surface area contributed by atoms with Crippen LogP contribution in [-0.4, -0.2) is 32.8 Å². The van der Waals surface area contributed by atoms with Crippen molar-refractivity contribution in [2.75, 3.05) is 18.5 Å². The number of benzene rings is 3. The number of aromatic nitrogens is 2. The maximum Gasteiger partial charge on any atom is 0.270 e. The van der Waals surface area contributed by atoms with Crippen molar-refractivity contribution in [1.29, 1.82) is 0 Å². The molecule has 37 heavy (non-hydrogen) atoms. The first-order valence-corrected chi connectivity index (χ1v) is 12.7. The van der Waals surface area contributed by atoms with E-state index >= 15 is 0 Å². The predicted molar refractivity (Wildman–Crippen MR) is 140 cm³/mol. The lowest BCUT2D eigenvalue weighted by Gasteiger charge is -2.24. The zero-order chi connectivity index (χ0) is 26.2. The van der Waals surface area contributed by atoms with Crippen LogP contribution < -0.4 is 19.3 Å². The van der Waals surface area contributed by atoms with Crippen LogP contribution in [0.2, 0.25) is 5.02 Å². The third-order valence-electron chi connectivity index (χ3n) is 5.70. The zero-order valence-electron chi connectivity index (χ0n) is 19.6. The smallest absolute Gasteiger partial charge is 0.270 e. The van der Waals surface area contributed by atoms with Crippen LogP contribution in [0.1, 0.15) is 0 Å². The summed E-state index contributed by atoms with van der Waals surface area (Å²) in [4.78, 5) is 14.3. The molecular formula is C26H20ClN3O6S. The molecule has 1 N–H and O–H groups in total. The van der Waals surface area contributed by atoms with Gasteiger partial charge in [-0.1, -0.05) is 22.8 Å². The van der Waals surface area contributed by atoms with Gasteiger partial charge in [-0.15, -0.1) is 0 Å². The Bertz CT molecular complexity index is 1770. The van der Waals surface area contributed by atoms with Crippen molar-refractivity contribution in [2.24, 2.45) is 0 Å². The molecule has 0 radical (unpaired) electrons. The van der Waals surface area contributed by atoms with Gasteiger partial charge in [0, 0.05) is 22.7 Å². The summed E-state index contributed by atoms with van der Waals surface area (Å²) in [5, 5.41) is 4.93. The fourth-order valence-electron chi connectivity index (χ4n) is 3.96. The zero-order valence-corrected chi connectivity index (χ0v) is 21.2. The number of ether oxygens (including phenoxy) is 2. The van der Waals surface area contributed by atoms with Crippen LogP contribution in [0.15, 0.2) is 93.3 Å². The molecule has 0 unspecified atom stereocenters. The van der Waals surface area contributed by atoms with E-state index in [0.29, 0.717) is 21.7 Å². The fraction of sp³-hybridized carbons (Fsp3) is 0.0769. The maximum atomic E-state index is 14.0. The summed E-state index contributed by atoms with van der Waals surface area (Å²) < 4.78 is 44.9. The minimum Gasteiger partial charge on any atom is -0.497 e. The molecule has 0 saturated heterocycles. The van der Waals surface area contributed by atoms with Crippen LogP contribution in [0.5, 0.6) is 11.5 Å². The van der Waals surface area contributed by atoms with Gasteiger partial charge in [0.1, 0.15) is 23.4 Å². The lowest BCUT2D eigenvalue weighted by Crippen LogP contribution is -2.27. The van der Waals surface area contributed by atoms with E-state index in [-0.39, 0.29) is 27.7 Å². The Balaban J connectivity index is 1.66. The van der Waals surface area contributed by atoms with Crippen LogP contribution in [-0.2, 0) is 10.0 Å². The molecule has 0 aliphatic carbocycles. The van der Waals surface area contributed by atoms with E-state index in [1.165, 1.54) is 43.7 Å². The average molecular weight is 538 g/mol. The van der Waals surface area contributed by atoms with Gasteiger partial charge in [-0.05, 0) is 71.1 Å². The average Bonchev–Trinajstić information content (AvgIpc) is 3.42. The molecule has 11 heteroatoms. The van der Waals surface area contributed by atoms with Crippen LogP contribution in [0, 0.1) is 0 Å². The molecule has 9 nitrogen and oxygen atoms in total. The van der Waals surface area contributed by atoms with Gasteiger partial charge in [-0.2, -0.15) is 0 Å². The van der Waals surface area contributed by atoms with Crippen molar-refractivity contribution in [2.45, 2.75) is 4.90 Å². The lowest BCUT2D eigenvalue weighted by molar-refractivity contribution is 0.413. The van der Waals surface area contributed by atoms with E-state index in [4.69, 9.17) is 25.6 Å². The van der Waals surface area contributed by atoms with Gasteiger partial charge in [0.25, 0.3) is 10.0 Å². The molecule has 0 aliphatic rings. The number of sulfonamides is 1.